The first kappa shape index (κ1) is 11.6. The molecule has 0 saturated heterocycles. The van der Waals surface area contributed by atoms with Gasteiger partial charge in [0.25, 0.3) is 0 Å². The molecule has 88 valence electrons. The van der Waals surface area contributed by atoms with E-state index >= 15 is 0 Å². The van der Waals surface area contributed by atoms with Gasteiger partial charge >= 0.3 is 0 Å². The number of hydrogen-bond donors (Lipinski definition) is 1. The molecule has 0 atom stereocenters. The maximum absolute atomic E-state index is 13.5. The Labute approximate surface area is 101 Å². The third-order valence-electron chi connectivity index (χ3n) is 2.70. The third-order valence-corrected chi connectivity index (χ3v) is 2.70. The lowest BCUT2D eigenvalue weighted by Crippen LogP contribution is -2.02. The van der Waals surface area contributed by atoms with Crippen molar-refractivity contribution >= 4 is 5.69 Å². The molecule has 2 aromatic rings. The van der Waals surface area contributed by atoms with Crippen molar-refractivity contribution in [1.82, 2.24) is 0 Å². The fourth-order valence-corrected chi connectivity index (χ4v) is 1.79. The molecule has 0 spiro atoms. The molecule has 0 aliphatic heterocycles. The van der Waals surface area contributed by atoms with Crippen molar-refractivity contribution < 1.29 is 4.39 Å². The van der Waals surface area contributed by atoms with Gasteiger partial charge in [0.2, 0.25) is 0 Å². The van der Waals surface area contributed by atoms with Crippen LogP contribution in [0.5, 0.6) is 0 Å². The molecule has 0 unspecified atom stereocenters. The van der Waals surface area contributed by atoms with Gasteiger partial charge in [0.15, 0.2) is 0 Å². The Bertz CT molecular complexity index is 520. The Balaban J connectivity index is 2.09. The van der Waals surface area contributed by atoms with Gasteiger partial charge in [-0.05, 0) is 37.6 Å². The Morgan fingerprint density at radius 3 is 2.53 bits per heavy atom. The Hall–Kier alpha value is -1.83. The second-order valence-electron chi connectivity index (χ2n) is 4.32. The van der Waals surface area contributed by atoms with E-state index in [0.717, 1.165) is 11.3 Å². The maximum Gasteiger partial charge on any atom is 0.128 e. The van der Waals surface area contributed by atoms with Crippen LogP contribution in [0.25, 0.3) is 0 Å². The van der Waals surface area contributed by atoms with Crippen LogP contribution < -0.4 is 5.32 Å². The Morgan fingerprint density at radius 2 is 1.76 bits per heavy atom. The van der Waals surface area contributed by atoms with E-state index in [-0.39, 0.29) is 5.82 Å². The molecule has 0 radical (unpaired) electrons. The summed E-state index contributed by atoms with van der Waals surface area (Å²) < 4.78 is 13.5. The summed E-state index contributed by atoms with van der Waals surface area (Å²) in [6.45, 7) is 4.52. The maximum atomic E-state index is 13.5. The van der Waals surface area contributed by atoms with E-state index < -0.39 is 0 Å². The van der Waals surface area contributed by atoms with Crippen LogP contribution in [0, 0.1) is 19.7 Å². The Kier molecular flexibility index (Phi) is 3.43. The topological polar surface area (TPSA) is 12.0 Å². The van der Waals surface area contributed by atoms with Gasteiger partial charge in [-0.2, -0.15) is 0 Å². The molecule has 0 aromatic heterocycles. The fraction of sp³-hybridized carbons (Fsp3) is 0.200. The number of anilines is 1. The van der Waals surface area contributed by atoms with Crippen molar-refractivity contribution in [2.24, 2.45) is 0 Å². The molecule has 1 nitrogen and oxygen atoms in total. The first-order valence-electron chi connectivity index (χ1n) is 5.71. The highest BCUT2D eigenvalue weighted by Gasteiger charge is 2.01. The average Bonchev–Trinajstić information content (AvgIpc) is 2.30. The minimum absolute atomic E-state index is 0.157. The van der Waals surface area contributed by atoms with Crippen LogP contribution in [0.4, 0.5) is 10.1 Å². The molecule has 0 aliphatic rings. The molecule has 0 aliphatic carbocycles. The molecule has 0 fully saturated rings. The van der Waals surface area contributed by atoms with Gasteiger partial charge < -0.3 is 5.32 Å². The minimum atomic E-state index is -0.157. The van der Waals surface area contributed by atoms with Gasteiger partial charge in [-0.3, -0.25) is 0 Å². The average molecular weight is 229 g/mol. The molecule has 0 bridgehead atoms. The Morgan fingerprint density at radius 1 is 1.00 bits per heavy atom. The molecular formula is C15H16FN. The second kappa shape index (κ2) is 5.00. The first-order chi connectivity index (χ1) is 8.15. The summed E-state index contributed by atoms with van der Waals surface area (Å²) in [6, 6.07) is 13.2. The first-order valence-corrected chi connectivity index (χ1v) is 5.71. The van der Waals surface area contributed by atoms with Crippen LogP contribution in [0.1, 0.15) is 16.7 Å². The lowest BCUT2D eigenvalue weighted by Gasteiger charge is -2.08. The monoisotopic (exact) mass is 229 g/mol. The molecule has 1 N–H and O–H groups in total. The number of rotatable bonds is 3. The van der Waals surface area contributed by atoms with Crippen LogP contribution in [0.3, 0.4) is 0 Å². The van der Waals surface area contributed by atoms with Crippen LogP contribution in [-0.4, -0.2) is 0 Å². The number of hydrogen-bond acceptors (Lipinski definition) is 1. The highest BCUT2D eigenvalue weighted by molar-refractivity contribution is 5.46. The molecule has 17 heavy (non-hydrogen) atoms. The normalized spacial score (nSPS) is 10.3. The van der Waals surface area contributed by atoms with Crippen LogP contribution in [0.2, 0.25) is 0 Å². The third kappa shape index (κ3) is 3.06. The summed E-state index contributed by atoms with van der Waals surface area (Å²) in [5.41, 5.74) is 3.99. The highest BCUT2D eigenvalue weighted by Crippen LogP contribution is 2.14. The van der Waals surface area contributed by atoms with Crippen LogP contribution in [0.15, 0.2) is 42.5 Å². The predicted octanol–water partition coefficient (Wildman–Crippen LogP) is 4.05. The van der Waals surface area contributed by atoms with E-state index in [1.54, 1.807) is 6.07 Å². The summed E-state index contributed by atoms with van der Waals surface area (Å²) in [4.78, 5) is 0. The number of halogens is 1. The molecular weight excluding hydrogens is 213 g/mol. The van der Waals surface area contributed by atoms with E-state index in [1.807, 2.05) is 44.2 Å². The second-order valence-corrected chi connectivity index (χ2v) is 4.32. The molecule has 0 saturated carbocycles. The van der Waals surface area contributed by atoms with Crippen molar-refractivity contribution in [3.63, 3.8) is 0 Å². The zero-order chi connectivity index (χ0) is 12.3. The lowest BCUT2D eigenvalue weighted by atomic mass is 10.1. The molecule has 2 aromatic carbocycles. The SMILES string of the molecule is Cc1cccc(NCc2cc(C)ccc2F)c1. The smallest absolute Gasteiger partial charge is 0.128 e. The standard InChI is InChI=1S/C15H16FN/c1-11-4-3-5-14(9-11)17-10-13-8-12(2)6-7-15(13)16/h3-9,17H,10H2,1-2H3. The van der Waals surface area contributed by atoms with Gasteiger partial charge in [0.1, 0.15) is 5.82 Å². The van der Waals surface area contributed by atoms with E-state index in [9.17, 15) is 4.39 Å². The summed E-state index contributed by atoms with van der Waals surface area (Å²) in [5.74, 6) is -0.157. The molecule has 0 heterocycles. The van der Waals surface area contributed by atoms with Crippen molar-refractivity contribution in [1.29, 1.82) is 0 Å². The molecule has 2 heteroatoms. The van der Waals surface area contributed by atoms with Crippen LogP contribution in [-0.2, 0) is 6.54 Å². The summed E-state index contributed by atoms with van der Waals surface area (Å²) in [5, 5.41) is 3.23. The van der Waals surface area contributed by atoms with E-state index in [1.165, 1.54) is 11.6 Å². The molecule has 0 amide bonds. The molecule has 2 rings (SSSR count). The van der Waals surface area contributed by atoms with Crippen molar-refractivity contribution in [3.05, 3.63) is 65.0 Å². The fourth-order valence-electron chi connectivity index (χ4n) is 1.79. The summed E-state index contributed by atoms with van der Waals surface area (Å²) in [6.07, 6.45) is 0. The van der Waals surface area contributed by atoms with Gasteiger partial charge in [0.05, 0.1) is 0 Å². The largest absolute Gasteiger partial charge is 0.381 e. The van der Waals surface area contributed by atoms with Gasteiger partial charge in [0, 0.05) is 17.8 Å². The van der Waals surface area contributed by atoms with Gasteiger partial charge in [-0.15, -0.1) is 0 Å². The van der Waals surface area contributed by atoms with Crippen molar-refractivity contribution in [3.8, 4) is 0 Å². The predicted molar refractivity (Wildman–Crippen MR) is 69.6 cm³/mol. The van der Waals surface area contributed by atoms with E-state index in [0.29, 0.717) is 12.1 Å². The number of benzene rings is 2. The number of nitrogens with one attached hydrogen (secondary N) is 1. The highest BCUT2D eigenvalue weighted by atomic mass is 19.1. The number of aryl methyl sites for hydroxylation is 2. The zero-order valence-corrected chi connectivity index (χ0v) is 10.1. The van der Waals surface area contributed by atoms with Crippen molar-refractivity contribution in [2.75, 3.05) is 5.32 Å². The van der Waals surface area contributed by atoms with E-state index in [4.69, 9.17) is 0 Å². The van der Waals surface area contributed by atoms with Gasteiger partial charge in [-0.25, -0.2) is 4.39 Å². The van der Waals surface area contributed by atoms with Crippen LogP contribution >= 0.6 is 0 Å². The minimum Gasteiger partial charge on any atom is -0.381 e. The van der Waals surface area contributed by atoms with Crippen molar-refractivity contribution in [2.45, 2.75) is 20.4 Å². The van der Waals surface area contributed by atoms with Gasteiger partial charge in [-0.1, -0.05) is 29.8 Å². The summed E-state index contributed by atoms with van der Waals surface area (Å²) >= 11 is 0. The summed E-state index contributed by atoms with van der Waals surface area (Å²) in [7, 11) is 0. The van der Waals surface area contributed by atoms with E-state index in [2.05, 4.69) is 5.32 Å². The lowest BCUT2D eigenvalue weighted by molar-refractivity contribution is 0.612. The quantitative estimate of drug-likeness (QED) is 0.837. The zero-order valence-electron chi connectivity index (χ0n) is 10.1.